The maximum Gasteiger partial charge on any atom is 0.335 e. The van der Waals surface area contributed by atoms with Gasteiger partial charge in [-0.25, -0.2) is 14.7 Å². The first-order valence-corrected chi connectivity index (χ1v) is 12.2. The summed E-state index contributed by atoms with van der Waals surface area (Å²) in [5.41, 5.74) is 5.51. The number of methoxy groups -OCH3 is 2. The number of benzene rings is 2. The number of nitrogens with one attached hydrogen (secondary N) is 1. The molecule has 4 rings (SSSR count). The van der Waals surface area contributed by atoms with E-state index in [9.17, 15) is 4.79 Å². The largest absolute Gasteiger partial charge is 0.496 e. The number of halogens is 1. The molecule has 2 aromatic rings. The van der Waals surface area contributed by atoms with E-state index in [0.717, 1.165) is 31.2 Å². The lowest BCUT2D eigenvalue weighted by Crippen LogP contribution is -2.26. The van der Waals surface area contributed by atoms with Crippen molar-refractivity contribution >= 4 is 11.7 Å². The highest BCUT2D eigenvalue weighted by molar-refractivity contribution is 5.76. The molecular weight excluding hydrogens is 453 g/mol. The Hall–Kier alpha value is -2.84. The molecule has 190 valence electrons. The number of carbonyl (C=O) groups is 1. The van der Waals surface area contributed by atoms with E-state index in [1.165, 1.54) is 6.07 Å². The normalized spacial score (nSPS) is 16.8. The van der Waals surface area contributed by atoms with E-state index >= 15 is 4.39 Å². The van der Waals surface area contributed by atoms with E-state index in [-0.39, 0.29) is 24.6 Å². The van der Waals surface area contributed by atoms with Crippen molar-refractivity contribution in [1.29, 1.82) is 0 Å². The van der Waals surface area contributed by atoms with Crippen LogP contribution in [0.2, 0.25) is 0 Å². The third-order valence-electron chi connectivity index (χ3n) is 6.81. The first-order valence-electron chi connectivity index (χ1n) is 12.2. The first kappa shape index (κ1) is 25.3. The number of hydrogen-bond donors (Lipinski definition) is 1. The molecule has 0 unspecified atom stereocenters. The van der Waals surface area contributed by atoms with Crippen LogP contribution in [0.4, 0.5) is 10.1 Å². The van der Waals surface area contributed by atoms with Gasteiger partial charge in [0, 0.05) is 30.4 Å². The molecule has 2 aliphatic rings. The average Bonchev–Trinajstić information content (AvgIpc) is 3.40. The van der Waals surface area contributed by atoms with Gasteiger partial charge in [-0.3, -0.25) is 0 Å². The van der Waals surface area contributed by atoms with Crippen molar-refractivity contribution in [3.8, 4) is 22.6 Å². The van der Waals surface area contributed by atoms with Gasteiger partial charge in [0.15, 0.2) is 0 Å². The molecule has 1 aliphatic heterocycles. The monoisotopic (exact) mass is 487 g/mol. The summed E-state index contributed by atoms with van der Waals surface area (Å²) < 4.78 is 38.1. The molecule has 0 bridgehead atoms. The van der Waals surface area contributed by atoms with Crippen molar-refractivity contribution in [1.82, 2.24) is 0 Å². The van der Waals surface area contributed by atoms with Crippen LogP contribution in [0.15, 0.2) is 24.3 Å². The Bertz CT molecular complexity index is 1010. The van der Waals surface area contributed by atoms with Crippen LogP contribution in [0, 0.1) is 18.7 Å². The van der Waals surface area contributed by atoms with Crippen LogP contribution in [0.3, 0.4) is 0 Å². The Morgan fingerprint density at radius 2 is 1.69 bits per heavy atom. The van der Waals surface area contributed by atoms with Gasteiger partial charge >= 0.3 is 5.97 Å². The molecule has 1 saturated carbocycles. The summed E-state index contributed by atoms with van der Waals surface area (Å²) in [6.07, 6.45) is 5.69. The Labute approximate surface area is 205 Å². The standard InChI is InChI=1S/C27H34FNO6/c1-17-24(31-2)13-19(14-25(17)32-3)26-20(16-34-22-6-4-5-7-22)12-21(15-23(26)28)29-35-27(30)18-8-10-33-11-9-18/h12-15,18,22,29H,4-11,16H2,1-3H3. The van der Waals surface area contributed by atoms with E-state index in [2.05, 4.69) is 5.48 Å². The number of anilines is 1. The highest BCUT2D eigenvalue weighted by Crippen LogP contribution is 2.38. The highest BCUT2D eigenvalue weighted by Gasteiger charge is 2.24. The maximum absolute atomic E-state index is 15.6. The van der Waals surface area contributed by atoms with Gasteiger partial charge in [-0.15, -0.1) is 0 Å². The Morgan fingerprint density at radius 3 is 2.31 bits per heavy atom. The van der Waals surface area contributed by atoms with Crippen molar-refractivity contribution in [3.05, 3.63) is 41.2 Å². The molecule has 35 heavy (non-hydrogen) atoms. The minimum absolute atomic E-state index is 0.163. The van der Waals surface area contributed by atoms with Gasteiger partial charge in [-0.2, -0.15) is 0 Å². The Morgan fingerprint density at radius 1 is 1.03 bits per heavy atom. The molecule has 1 saturated heterocycles. The van der Waals surface area contributed by atoms with Gasteiger partial charge in [0.1, 0.15) is 17.3 Å². The zero-order chi connectivity index (χ0) is 24.8. The molecule has 2 aromatic carbocycles. The van der Waals surface area contributed by atoms with E-state index in [0.29, 0.717) is 59.9 Å². The van der Waals surface area contributed by atoms with Crippen LogP contribution in [0.5, 0.6) is 11.5 Å². The summed E-state index contributed by atoms with van der Waals surface area (Å²) >= 11 is 0. The van der Waals surface area contributed by atoms with Gasteiger partial charge < -0.3 is 23.8 Å². The smallest absolute Gasteiger partial charge is 0.335 e. The predicted octanol–water partition coefficient (Wildman–Crippen LogP) is 5.57. The van der Waals surface area contributed by atoms with Gasteiger partial charge in [0.25, 0.3) is 0 Å². The molecule has 8 heteroatoms. The summed E-state index contributed by atoms with van der Waals surface area (Å²) in [5.74, 6) is 0.158. The molecule has 7 nitrogen and oxygen atoms in total. The zero-order valence-corrected chi connectivity index (χ0v) is 20.7. The van der Waals surface area contributed by atoms with Crippen LogP contribution < -0.4 is 15.0 Å². The van der Waals surface area contributed by atoms with Crippen LogP contribution >= 0.6 is 0 Å². The maximum atomic E-state index is 15.6. The predicted molar refractivity (Wildman–Crippen MR) is 130 cm³/mol. The van der Waals surface area contributed by atoms with Crippen LogP contribution in [-0.4, -0.2) is 39.5 Å². The van der Waals surface area contributed by atoms with Gasteiger partial charge in [-0.1, -0.05) is 12.8 Å². The van der Waals surface area contributed by atoms with E-state index < -0.39 is 5.82 Å². The number of rotatable bonds is 9. The molecule has 0 amide bonds. The molecule has 1 heterocycles. The molecule has 0 atom stereocenters. The number of hydrogen-bond acceptors (Lipinski definition) is 7. The van der Waals surface area contributed by atoms with Crippen molar-refractivity contribution in [2.75, 3.05) is 32.9 Å². The molecule has 0 spiro atoms. The molecule has 0 radical (unpaired) electrons. The lowest BCUT2D eigenvalue weighted by molar-refractivity contribution is -0.148. The lowest BCUT2D eigenvalue weighted by Gasteiger charge is -2.21. The number of ether oxygens (including phenoxy) is 4. The average molecular weight is 488 g/mol. The minimum Gasteiger partial charge on any atom is -0.496 e. The second-order valence-corrected chi connectivity index (χ2v) is 9.13. The highest BCUT2D eigenvalue weighted by atomic mass is 19.1. The summed E-state index contributed by atoms with van der Waals surface area (Å²) in [6.45, 7) is 3.20. The number of carbonyl (C=O) groups excluding carboxylic acids is 1. The van der Waals surface area contributed by atoms with Crippen LogP contribution in [0.25, 0.3) is 11.1 Å². The topological polar surface area (TPSA) is 75.3 Å². The second-order valence-electron chi connectivity index (χ2n) is 9.13. The molecule has 0 aromatic heterocycles. The summed E-state index contributed by atoms with van der Waals surface area (Å²) in [7, 11) is 3.15. The van der Waals surface area contributed by atoms with Crippen LogP contribution in [0.1, 0.15) is 49.7 Å². The minimum atomic E-state index is -0.463. The summed E-state index contributed by atoms with van der Waals surface area (Å²) in [4.78, 5) is 17.7. The van der Waals surface area contributed by atoms with Gasteiger partial charge in [0.2, 0.25) is 0 Å². The van der Waals surface area contributed by atoms with Crippen molar-refractivity contribution < 1.29 is 33.0 Å². The van der Waals surface area contributed by atoms with Crippen LogP contribution in [-0.2, 0) is 25.7 Å². The van der Waals surface area contributed by atoms with E-state index in [4.69, 9.17) is 23.8 Å². The lowest BCUT2D eigenvalue weighted by atomic mass is 9.96. The molecule has 2 fully saturated rings. The quantitative estimate of drug-likeness (QED) is 0.463. The van der Waals surface area contributed by atoms with Gasteiger partial charge in [0.05, 0.1) is 38.5 Å². The Kier molecular flexibility index (Phi) is 8.46. The summed E-state index contributed by atoms with van der Waals surface area (Å²) in [6, 6.07) is 6.69. The van der Waals surface area contributed by atoms with Crippen molar-refractivity contribution in [2.45, 2.75) is 58.2 Å². The fraction of sp³-hybridized carbons (Fsp3) is 0.519. The second kappa shape index (κ2) is 11.7. The summed E-state index contributed by atoms with van der Waals surface area (Å²) in [5, 5.41) is 0. The Balaban J connectivity index is 1.62. The zero-order valence-electron chi connectivity index (χ0n) is 20.7. The van der Waals surface area contributed by atoms with Crippen molar-refractivity contribution in [3.63, 3.8) is 0 Å². The van der Waals surface area contributed by atoms with Crippen molar-refractivity contribution in [2.24, 2.45) is 5.92 Å². The molecule has 1 aliphatic carbocycles. The van der Waals surface area contributed by atoms with Gasteiger partial charge in [-0.05, 0) is 61.9 Å². The van der Waals surface area contributed by atoms with E-state index in [1.54, 1.807) is 32.4 Å². The fourth-order valence-corrected chi connectivity index (χ4v) is 4.78. The SMILES string of the molecule is COc1cc(-c2c(F)cc(NOC(=O)C3CCOCC3)cc2COC2CCCC2)cc(OC)c1C. The first-order chi connectivity index (χ1) is 17.0. The third-order valence-corrected chi connectivity index (χ3v) is 6.81. The fourth-order valence-electron chi connectivity index (χ4n) is 4.78. The van der Waals surface area contributed by atoms with E-state index in [1.807, 2.05) is 6.92 Å². The third kappa shape index (κ3) is 6.05. The molecule has 1 N–H and O–H groups in total. The molecular formula is C27H34FNO6.